The van der Waals surface area contributed by atoms with E-state index in [1.165, 1.54) is 44.6 Å². The number of amides is 1. The van der Waals surface area contributed by atoms with Gasteiger partial charge in [0.15, 0.2) is 5.78 Å². The van der Waals surface area contributed by atoms with E-state index < -0.39 is 12.1 Å². The van der Waals surface area contributed by atoms with Gasteiger partial charge in [0.25, 0.3) is 0 Å². The molecule has 0 spiro atoms. The maximum atomic E-state index is 12.5. The number of ether oxygens (including phenoxy) is 2. The Morgan fingerprint density at radius 2 is 1.56 bits per heavy atom. The van der Waals surface area contributed by atoms with Gasteiger partial charge in [-0.25, -0.2) is 0 Å². The zero-order chi connectivity index (χ0) is 20.0. The molecule has 0 saturated heterocycles. The van der Waals surface area contributed by atoms with Crippen LogP contribution in [-0.4, -0.2) is 32.1 Å². The summed E-state index contributed by atoms with van der Waals surface area (Å²) in [6, 6.07) is 10.5. The summed E-state index contributed by atoms with van der Waals surface area (Å²) in [5.41, 5.74) is 0.465. The molecule has 0 unspecified atom stereocenters. The minimum absolute atomic E-state index is 0.129. The fraction of sp³-hybridized carbons (Fsp3) is 0.158. The number of nitrogens with one attached hydrogen (secondary N) is 1. The smallest absolute Gasteiger partial charge is 0.471 e. The summed E-state index contributed by atoms with van der Waals surface area (Å²) >= 11 is 0. The first-order chi connectivity index (χ1) is 12.7. The quantitative estimate of drug-likeness (QED) is 0.606. The van der Waals surface area contributed by atoms with Crippen molar-refractivity contribution in [3.8, 4) is 11.5 Å². The lowest BCUT2D eigenvalue weighted by Crippen LogP contribution is -2.30. The number of hydrogen-bond donors (Lipinski definition) is 1. The Hall–Kier alpha value is -3.29. The second-order valence-corrected chi connectivity index (χ2v) is 5.33. The van der Waals surface area contributed by atoms with Crippen LogP contribution in [0, 0.1) is 0 Å². The number of benzene rings is 2. The number of allylic oxidation sites excluding steroid dienone is 1. The SMILES string of the molecule is COc1ccc(C(=O)/C=C\c2ccc(OC)cc2NC(=O)C(F)(F)F)cc1. The minimum atomic E-state index is -5.04. The Labute approximate surface area is 153 Å². The molecule has 0 aliphatic heterocycles. The Bertz CT molecular complexity index is 858. The van der Waals surface area contributed by atoms with Crippen molar-refractivity contribution in [1.29, 1.82) is 0 Å². The van der Waals surface area contributed by atoms with Crippen LogP contribution < -0.4 is 14.8 Å². The first kappa shape index (κ1) is 20.0. The van der Waals surface area contributed by atoms with Gasteiger partial charge in [0.05, 0.1) is 19.9 Å². The van der Waals surface area contributed by atoms with E-state index in [2.05, 4.69) is 0 Å². The number of ketones is 1. The van der Waals surface area contributed by atoms with Gasteiger partial charge in [-0.05, 0) is 54.1 Å². The van der Waals surface area contributed by atoms with E-state index in [0.29, 0.717) is 11.3 Å². The van der Waals surface area contributed by atoms with Crippen molar-refractivity contribution in [3.05, 3.63) is 59.7 Å². The molecule has 2 rings (SSSR count). The van der Waals surface area contributed by atoms with Crippen LogP contribution in [0.3, 0.4) is 0 Å². The van der Waals surface area contributed by atoms with E-state index in [0.717, 1.165) is 0 Å². The highest BCUT2D eigenvalue weighted by atomic mass is 19.4. The van der Waals surface area contributed by atoms with Crippen molar-refractivity contribution in [2.24, 2.45) is 0 Å². The second-order valence-electron chi connectivity index (χ2n) is 5.33. The summed E-state index contributed by atoms with van der Waals surface area (Å²) in [5, 5.41) is 1.78. The predicted molar refractivity (Wildman–Crippen MR) is 94.0 cm³/mol. The molecule has 0 aliphatic carbocycles. The van der Waals surface area contributed by atoms with Crippen LogP contribution in [0.2, 0.25) is 0 Å². The van der Waals surface area contributed by atoms with Crippen molar-refractivity contribution in [1.82, 2.24) is 0 Å². The molecule has 2 aromatic rings. The van der Waals surface area contributed by atoms with Gasteiger partial charge in [0.1, 0.15) is 11.5 Å². The molecule has 8 heteroatoms. The Morgan fingerprint density at radius 1 is 0.963 bits per heavy atom. The lowest BCUT2D eigenvalue weighted by atomic mass is 10.1. The van der Waals surface area contributed by atoms with E-state index >= 15 is 0 Å². The molecule has 142 valence electrons. The predicted octanol–water partition coefficient (Wildman–Crippen LogP) is 4.10. The number of rotatable bonds is 6. The Kier molecular flexibility index (Phi) is 6.23. The van der Waals surface area contributed by atoms with E-state index in [1.807, 2.05) is 0 Å². The first-order valence-corrected chi connectivity index (χ1v) is 7.67. The molecular formula is C19H16F3NO4. The summed E-state index contributed by atoms with van der Waals surface area (Å²) in [7, 11) is 2.84. The molecule has 0 heterocycles. The second kappa shape index (κ2) is 8.39. The molecule has 0 atom stereocenters. The molecule has 0 radical (unpaired) electrons. The van der Waals surface area contributed by atoms with E-state index in [4.69, 9.17) is 9.47 Å². The Morgan fingerprint density at radius 3 is 2.11 bits per heavy atom. The molecule has 0 bridgehead atoms. The molecule has 1 N–H and O–H groups in total. The summed E-state index contributed by atoms with van der Waals surface area (Å²) in [6.07, 6.45) is -2.52. The van der Waals surface area contributed by atoms with E-state index in [9.17, 15) is 22.8 Å². The molecule has 0 aliphatic rings. The average Bonchev–Trinajstić information content (AvgIpc) is 2.65. The highest BCUT2D eigenvalue weighted by molar-refractivity contribution is 6.07. The van der Waals surface area contributed by atoms with Gasteiger partial charge in [-0.3, -0.25) is 9.59 Å². The van der Waals surface area contributed by atoms with Crippen LogP contribution in [0.15, 0.2) is 48.5 Å². The standard InChI is InChI=1S/C19H16F3NO4/c1-26-14-7-4-13(5-8-14)17(24)10-6-12-3-9-15(27-2)11-16(12)23-18(25)19(20,21)22/h3-11H,1-2H3,(H,23,25)/b10-6-. The number of hydrogen-bond acceptors (Lipinski definition) is 4. The monoisotopic (exact) mass is 379 g/mol. The summed E-state index contributed by atoms with van der Waals surface area (Å²) < 4.78 is 47.5. The topological polar surface area (TPSA) is 64.6 Å². The number of anilines is 1. The van der Waals surface area contributed by atoms with Crippen LogP contribution in [0.1, 0.15) is 15.9 Å². The van der Waals surface area contributed by atoms with Crippen molar-refractivity contribution in [2.75, 3.05) is 19.5 Å². The number of alkyl halides is 3. The van der Waals surface area contributed by atoms with E-state index in [-0.39, 0.29) is 22.8 Å². The van der Waals surface area contributed by atoms with Crippen molar-refractivity contribution in [2.45, 2.75) is 6.18 Å². The van der Waals surface area contributed by atoms with Crippen LogP contribution in [-0.2, 0) is 4.79 Å². The average molecular weight is 379 g/mol. The molecule has 1 amide bonds. The van der Waals surface area contributed by atoms with Gasteiger partial charge < -0.3 is 14.8 Å². The molecule has 0 fully saturated rings. The van der Waals surface area contributed by atoms with Gasteiger partial charge in [0.2, 0.25) is 0 Å². The van der Waals surface area contributed by atoms with Gasteiger partial charge in [-0.1, -0.05) is 0 Å². The number of halogens is 3. The summed E-state index contributed by atoms with van der Waals surface area (Å²) in [4.78, 5) is 23.4. The van der Waals surface area contributed by atoms with Gasteiger partial charge in [-0.15, -0.1) is 0 Å². The van der Waals surface area contributed by atoms with Gasteiger partial charge in [0, 0.05) is 11.6 Å². The van der Waals surface area contributed by atoms with Gasteiger partial charge >= 0.3 is 12.1 Å². The lowest BCUT2D eigenvalue weighted by molar-refractivity contribution is -0.167. The number of carbonyl (C=O) groups excluding carboxylic acids is 2. The first-order valence-electron chi connectivity index (χ1n) is 7.67. The number of methoxy groups -OCH3 is 2. The number of carbonyl (C=O) groups is 2. The zero-order valence-electron chi connectivity index (χ0n) is 14.5. The maximum Gasteiger partial charge on any atom is 0.471 e. The molecule has 27 heavy (non-hydrogen) atoms. The third kappa shape index (κ3) is 5.34. The van der Waals surface area contributed by atoms with Gasteiger partial charge in [-0.2, -0.15) is 13.2 Å². The van der Waals surface area contributed by atoms with Crippen LogP contribution in [0.4, 0.5) is 18.9 Å². The summed E-state index contributed by atoms with van der Waals surface area (Å²) in [5.74, 6) is -1.64. The fourth-order valence-electron chi connectivity index (χ4n) is 2.13. The molecular weight excluding hydrogens is 363 g/mol. The zero-order valence-corrected chi connectivity index (χ0v) is 14.5. The van der Waals surface area contributed by atoms with Crippen molar-refractivity contribution >= 4 is 23.5 Å². The molecule has 0 aromatic heterocycles. The lowest BCUT2D eigenvalue weighted by Gasteiger charge is -2.12. The van der Waals surface area contributed by atoms with Crippen LogP contribution in [0.5, 0.6) is 11.5 Å². The van der Waals surface area contributed by atoms with Crippen molar-refractivity contribution < 1.29 is 32.2 Å². The molecule has 5 nitrogen and oxygen atoms in total. The van der Waals surface area contributed by atoms with Crippen LogP contribution in [0.25, 0.3) is 6.08 Å². The maximum absolute atomic E-state index is 12.5. The summed E-state index contributed by atoms with van der Waals surface area (Å²) in [6.45, 7) is 0. The molecule has 2 aromatic carbocycles. The largest absolute Gasteiger partial charge is 0.497 e. The molecule has 0 saturated carbocycles. The highest BCUT2D eigenvalue weighted by Crippen LogP contribution is 2.26. The van der Waals surface area contributed by atoms with Crippen molar-refractivity contribution in [3.63, 3.8) is 0 Å². The van der Waals surface area contributed by atoms with E-state index in [1.54, 1.807) is 29.6 Å². The normalized spacial score (nSPS) is 11.3. The fourth-order valence-corrected chi connectivity index (χ4v) is 2.13. The Balaban J connectivity index is 2.26. The third-order valence-electron chi connectivity index (χ3n) is 3.55. The third-order valence-corrected chi connectivity index (χ3v) is 3.55. The minimum Gasteiger partial charge on any atom is -0.497 e. The highest BCUT2D eigenvalue weighted by Gasteiger charge is 2.38. The van der Waals surface area contributed by atoms with Crippen LogP contribution >= 0.6 is 0 Å².